The molecule has 0 saturated carbocycles. The summed E-state index contributed by atoms with van der Waals surface area (Å²) in [6.45, 7) is 5.46. The van der Waals surface area contributed by atoms with Crippen molar-refractivity contribution in [3.8, 4) is 0 Å². The summed E-state index contributed by atoms with van der Waals surface area (Å²) in [7, 11) is 0. The predicted octanol–water partition coefficient (Wildman–Crippen LogP) is 2.92. The van der Waals surface area contributed by atoms with Gasteiger partial charge in [0.15, 0.2) is 5.76 Å². The van der Waals surface area contributed by atoms with Gasteiger partial charge in [-0.25, -0.2) is 0 Å². The van der Waals surface area contributed by atoms with Crippen molar-refractivity contribution in [2.45, 2.75) is 45.5 Å². The first-order valence-corrected chi connectivity index (χ1v) is 9.19. The molecule has 3 aromatic rings. The van der Waals surface area contributed by atoms with Crippen LogP contribution >= 0.6 is 0 Å². The van der Waals surface area contributed by atoms with Crippen LogP contribution in [0.2, 0.25) is 0 Å². The zero-order valence-corrected chi connectivity index (χ0v) is 15.0. The topological polar surface area (TPSA) is 67.3 Å². The summed E-state index contributed by atoms with van der Waals surface area (Å²) in [6, 6.07) is 13.7. The van der Waals surface area contributed by atoms with Gasteiger partial charge in [0.2, 0.25) is 0 Å². The molecule has 1 N–H and O–H groups in total. The number of fused-ring (bicyclic) bond motifs is 1. The monoisotopic (exact) mass is 352 g/mol. The molecule has 0 aliphatic carbocycles. The Hall–Kier alpha value is -2.44. The van der Waals surface area contributed by atoms with Gasteiger partial charge in [0.25, 0.3) is 0 Å². The first kappa shape index (κ1) is 17.0. The van der Waals surface area contributed by atoms with Crippen molar-refractivity contribution >= 4 is 0 Å². The van der Waals surface area contributed by atoms with E-state index in [0.29, 0.717) is 5.69 Å². The minimum Gasteiger partial charge on any atom is -0.382 e. The Morgan fingerprint density at radius 3 is 2.81 bits per heavy atom. The highest BCUT2D eigenvalue weighted by Gasteiger charge is 2.21. The predicted molar refractivity (Wildman–Crippen MR) is 97.3 cm³/mol. The van der Waals surface area contributed by atoms with Crippen molar-refractivity contribution in [3.05, 3.63) is 70.9 Å². The number of aryl methyl sites for hydroxylation is 2. The van der Waals surface area contributed by atoms with Crippen molar-refractivity contribution in [1.29, 1.82) is 0 Å². The van der Waals surface area contributed by atoms with Crippen LogP contribution in [-0.2, 0) is 26.1 Å². The van der Waals surface area contributed by atoms with Gasteiger partial charge in [-0.3, -0.25) is 9.58 Å². The molecule has 1 aliphatic heterocycles. The molecule has 0 saturated heterocycles. The molecule has 6 heteroatoms. The van der Waals surface area contributed by atoms with Gasteiger partial charge in [0, 0.05) is 25.7 Å². The lowest BCUT2D eigenvalue weighted by molar-refractivity contribution is 0.213. The summed E-state index contributed by atoms with van der Waals surface area (Å²) >= 11 is 0. The lowest BCUT2D eigenvalue weighted by Crippen LogP contribution is -2.22. The van der Waals surface area contributed by atoms with Crippen LogP contribution in [0.5, 0.6) is 0 Å². The molecule has 0 bridgehead atoms. The van der Waals surface area contributed by atoms with Crippen molar-refractivity contribution < 1.29 is 9.63 Å². The average molecular weight is 352 g/mol. The lowest BCUT2D eigenvalue weighted by atomic mass is 10.1. The molecule has 26 heavy (non-hydrogen) atoms. The van der Waals surface area contributed by atoms with E-state index in [1.165, 1.54) is 0 Å². The van der Waals surface area contributed by atoms with Crippen LogP contribution in [0.4, 0.5) is 0 Å². The van der Waals surface area contributed by atoms with Crippen molar-refractivity contribution in [1.82, 2.24) is 19.8 Å². The van der Waals surface area contributed by atoms with Gasteiger partial charge in [0.1, 0.15) is 6.10 Å². The van der Waals surface area contributed by atoms with Gasteiger partial charge >= 0.3 is 0 Å². The highest BCUT2D eigenvalue weighted by molar-refractivity contribution is 5.26. The van der Waals surface area contributed by atoms with E-state index in [0.717, 1.165) is 61.7 Å². The Balaban J connectivity index is 1.50. The fourth-order valence-corrected chi connectivity index (χ4v) is 3.44. The minimum atomic E-state index is -0.689. The molecule has 6 nitrogen and oxygen atoms in total. The number of aliphatic hydroxyl groups excluding tert-OH is 1. The molecule has 1 aliphatic rings. The van der Waals surface area contributed by atoms with E-state index < -0.39 is 6.10 Å². The molecule has 4 rings (SSSR count). The number of rotatable bonds is 5. The normalized spacial score (nSPS) is 16.2. The number of benzene rings is 1. The van der Waals surface area contributed by atoms with E-state index in [-0.39, 0.29) is 0 Å². The van der Waals surface area contributed by atoms with Crippen molar-refractivity contribution in [3.63, 3.8) is 0 Å². The molecule has 136 valence electrons. The molecule has 0 radical (unpaired) electrons. The van der Waals surface area contributed by atoms with E-state index in [2.05, 4.69) is 22.1 Å². The summed E-state index contributed by atoms with van der Waals surface area (Å²) in [5.74, 6) is 0.902. The molecule has 0 amide bonds. The summed E-state index contributed by atoms with van der Waals surface area (Å²) in [5, 5.41) is 19.4. The smallest absolute Gasteiger partial charge is 0.150 e. The zero-order chi connectivity index (χ0) is 17.9. The van der Waals surface area contributed by atoms with Crippen LogP contribution in [-0.4, -0.2) is 31.5 Å². The third-order valence-electron chi connectivity index (χ3n) is 4.86. The number of hydrogen-bond acceptors (Lipinski definition) is 5. The van der Waals surface area contributed by atoms with Crippen molar-refractivity contribution in [2.75, 3.05) is 6.54 Å². The minimum absolute atomic E-state index is 0.689. The fraction of sp³-hybridized carbons (Fsp3) is 0.400. The Morgan fingerprint density at radius 2 is 2.04 bits per heavy atom. The summed E-state index contributed by atoms with van der Waals surface area (Å²) < 4.78 is 7.46. The molecule has 2 aromatic heterocycles. The first-order valence-electron chi connectivity index (χ1n) is 9.19. The van der Waals surface area contributed by atoms with Gasteiger partial charge in [-0.1, -0.05) is 42.4 Å². The highest BCUT2D eigenvalue weighted by atomic mass is 16.5. The Labute approximate surface area is 153 Å². The highest BCUT2D eigenvalue weighted by Crippen LogP contribution is 2.24. The van der Waals surface area contributed by atoms with Gasteiger partial charge < -0.3 is 9.63 Å². The van der Waals surface area contributed by atoms with Crippen LogP contribution < -0.4 is 0 Å². The first-order chi connectivity index (χ1) is 12.7. The fourth-order valence-electron chi connectivity index (χ4n) is 3.44. The van der Waals surface area contributed by atoms with Crippen LogP contribution in [0.25, 0.3) is 0 Å². The standard InChI is InChI=1S/C20H24N4O2/c1-2-16-11-18(26-22-16)14-23-9-6-10-24-17(13-23)12-19(21-24)20(25)15-7-4-3-5-8-15/h3-5,7-8,11-12,20,25H,2,6,9-10,13-14H2,1H3/t20-/m1/s1. The van der Waals surface area contributed by atoms with Crippen molar-refractivity contribution in [2.24, 2.45) is 0 Å². The lowest BCUT2D eigenvalue weighted by Gasteiger charge is -2.17. The van der Waals surface area contributed by atoms with Crippen LogP contribution in [0.1, 0.15) is 47.9 Å². The van der Waals surface area contributed by atoms with Crippen LogP contribution in [0, 0.1) is 0 Å². The summed E-state index contributed by atoms with van der Waals surface area (Å²) in [6.07, 6.45) is 1.21. The van der Waals surface area contributed by atoms with E-state index in [9.17, 15) is 5.11 Å². The maximum atomic E-state index is 10.6. The summed E-state index contributed by atoms with van der Waals surface area (Å²) in [5.41, 5.74) is 3.70. The van der Waals surface area contributed by atoms with Gasteiger partial charge in [-0.2, -0.15) is 5.10 Å². The summed E-state index contributed by atoms with van der Waals surface area (Å²) in [4.78, 5) is 2.35. The maximum absolute atomic E-state index is 10.6. The Bertz CT molecular complexity index is 856. The third kappa shape index (κ3) is 3.57. The van der Waals surface area contributed by atoms with E-state index >= 15 is 0 Å². The molecular formula is C20H24N4O2. The second kappa shape index (κ2) is 7.43. The SMILES string of the molecule is CCc1cc(CN2CCCn3nc([C@H](O)c4ccccc4)cc3C2)on1. The number of aliphatic hydroxyl groups is 1. The largest absolute Gasteiger partial charge is 0.382 e. The molecule has 0 fully saturated rings. The van der Waals surface area contributed by atoms with E-state index in [1.807, 2.05) is 47.1 Å². The second-order valence-electron chi connectivity index (χ2n) is 6.80. The van der Waals surface area contributed by atoms with Gasteiger partial charge in [-0.15, -0.1) is 0 Å². The van der Waals surface area contributed by atoms with E-state index in [1.54, 1.807) is 0 Å². The average Bonchev–Trinajstić information content (AvgIpc) is 3.24. The van der Waals surface area contributed by atoms with Gasteiger partial charge in [0.05, 0.1) is 23.6 Å². The van der Waals surface area contributed by atoms with Crippen LogP contribution in [0.3, 0.4) is 0 Å². The quantitative estimate of drug-likeness (QED) is 0.765. The molecule has 1 aromatic carbocycles. The van der Waals surface area contributed by atoms with Gasteiger partial charge in [-0.05, 0) is 24.5 Å². The molecular weight excluding hydrogens is 328 g/mol. The maximum Gasteiger partial charge on any atom is 0.150 e. The molecule has 1 atom stereocenters. The molecule has 0 spiro atoms. The Morgan fingerprint density at radius 1 is 1.19 bits per heavy atom. The number of aromatic nitrogens is 3. The van der Waals surface area contributed by atoms with Crippen LogP contribution in [0.15, 0.2) is 47.0 Å². The number of hydrogen-bond donors (Lipinski definition) is 1. The molecule has 3 heterocycles. The molecule has 0 unspecified atom stereocenters. The third-order valence-corrected chi connectivity index (χ3v) is 4.86. The second-order valence-corrected chi connectivity index (χ2v) is 6.80. The zero-order valence-electron chi connectivity index (χ0n) is 15.0. The number of nitrogens with zero attached hydrogens (tertiary/aromatic N) is 4. The Kier molecular flexibility index (Phi) is 4.86. The van der Waals surface area contributed by atoms with E-state index in [4.69, 9.17) is 4.52 Å².